The van der Waals surface area contributed by atoms with Gasteiger partial charge in [0.15, 0.2) is 0 Å². The van der Waals surface area contributed by atoms with Gasteiger partial charge in [0, 0.05) is 41.4 Å². The maximum Gasteiger partial charge on any atom is 0.524 e. The number of phosphoric acid groups is 1. The fraction of sp³-hybridized carbons (Fsp3) is 0.200. The van der Waals surface area contributed by atoms with Crippen LogP contribution in [0.3, 0.4) is 0 Å². The first-order chi connectivity index (χ1) is 17.9. The molecular weight excluding hydrogens is 543 g/mol. The number of benzene rings is 3. The largest absolute Gasteiger partial charge is 0.524 e. The molecule has 0 spiro atoms. The summed E-state index contributed by atoms with van der Waals surface area (Å²) in [6.45, 7) is 1.41. The maximum absolute atomic E-state index is 14.5. The molecule has 3 amide bonds. The van der Waals surface area contributed by atoms with Crippen molar-refractivity contribution in [3.8, 4) is 5.75 Å². The van der Waals surface area contributed by atoms with E-state index in [4.69, 9.17) is 21.4 Å². The Morgan fingerprint density at radius 2 is 1.89 bits per heavy atom. The number of hydrogen-bond acceptors (Lipinski definition) is 4. The van der Waals surface area contributed by atoms with E-state index in [0.29, 0.717) is 5.69 Å². The molecule has 4 rings (SSSR count). The number of urea groups is 1. The number of fused-ring (bicyclic) bond motifs is 1. The number of carbonyl (C=O) groups is 2. The van der Waals surface area contributed by atoms with E-state index in [-0.39, 0.29) is 40.8 Å². The van der Waals surface area contributed by atoms with E-state index >= 15 is 0 Å². The molecule has 1 atom stereocenters. The van der Waals surface area contributed by atoms with Gasteiger partial charge in [-0.3, -0.25) is 19.5 Å². The van der Waals surface area contributed by atoms with Crippen molar-refractivity contribution < 1.29 is 37.2 Å². The van der Waals surface area contributed by atoms with Crippen LogP contribution in [0.1, 0.15) is 40.0 Å². The third-order valence-corrected chi connectivity index (χ3v) is 7.00. The molecule has 0 aromatic heterocycles. The summed E-state index contributed by atoms with van der Waals surface area (Å²) in [7, 11) is -3.35. The number of nitrogens with one attached hydrogen (secondary N) is 1. The maximum atomic E-state index is 14.5. The summed E-state index contributed by atoms with van der Waals surface area (Å²) in [5, 5.41) is 2.75. The zero-order valence-corrected chi connectivity index (χ0v) is 21.8. The summed E-state index contributed by atoms with van der Waals surface area (Å²) in [6.07, 6.45) is 0. The van der Waals surface area contributed by atoms with Gasteiger partial charge < -0.3 is 14.7 Å². The molecule has 0 saturated heterocycles. The smallest absolute Gasteiger partial charge is 0.404 e. The van der Waals surface area contributed by atoms with Gasteiger partial charge in [-0.05, 0) is 42.8 Å². The van der Waals surface area contributed by atoms with E-state index in [9.17, 15) is 22.9 Å². The average Bonchev–Trinajstić information content (AvgIpc) is 2.85. The summed E-state index contributed by atoms with van der Waals surface area (Å²) < 4.78 is 43.9. The van der Waals surface area contributed by atoms with Crippen LogP contribution in [0, 0.1) is 11.6 Å². The minimum absolute atomic E-state index is 0.125. The first-order valence-corrected chi connectivity index (χ1v) is 13.2. The van der Waals surface area contributed by atoms with Gasteiger partial charge in [0.1, 0.15) is 17.4 Å². The zero-order valence-electron chi connectivity index (χ0n) is 20.2. The number of amides is 3. The van der Waals surface area contributed by atoms with Crippen molar-refractivity contribution in [1.29, 1.82) is 0 Å². The number of carbonyl (C=O) groups excluding carboxylic acids is 2. The number of nitrogens with zero attached hydrogens (tertiary/aromatic N) is 2. The van der Waals surface area contributed by atoms with E-state index < -0.39 is 37.1 Å². The highest BCUT2D eigenvalue weighted by Crippen LogP contribution is 2.40. The minimum atomic E-state index is -4.97. The molecule has 1 heterocycles. The van der Waals surface area contributed by atoms with E-state index in [1.165, 1.54) is 40.1 Å². The molecule has 0 saturated carbocycles. The summed E-state index contributed by atoms with van der Waals surface area (Å²) in [6, 6.07) is 11.3. The Balaban J connectivity index is 1.62. The molecule has 1 aliphatic rings. The summed E-state index contributed by atoms with van der Waals surface area (Å²) in [5.41, 5.74) is 1.55. The fourth-order valence-corrected chi connectivity index (χ4v) is 4.75. The Labute approximate surface area is 221 Å². The normalized spacial score (nSPS) is 15.3. The predicted molar refractivity (Wildman–Crippen MR) is 136 cm³/mol. The summed E-state index contributed by atoms with van der Waals surface area (Å²) in [4.78, 5) is 47.2. The van der Waals surface area contributed by atoms with Crippen LogP contribution in [0.5, 0.6) is 5.75 Å². The van der Waals surface area contributed by atoms with E-state index in [1.807, 2.05) is 6.92 Å². The number of hydrogen-bond donors (Lipinski definition) is 3. The van der Waals surface area contributed by atoms with Crippen molar-refractivity contribution >= 4 is 37.0 Å². The molecule has 1 aliphatic heterocycles. The van der Waals surface area contributed by atoms with E-state index in [1.54, 1.807) is 19.2 Å². The highest BCUT2D eigenvalue weighted by Gasteiger charge is 2.34. The monoisotopic (exact) mass is 565 g/mol. The van der Waals surface area contributed by atoms with Gasteiger partial charge in [0.25, 0.3) is 5.91 Å². The standard InChI is InChI=1S/C25H23ClF2N3O6P/c1-14-18-9-7-15(24(32)29-12-16-6-8-17(27)11-23(16)37-38(34,35)36)10-22(18)31(25(33)30(14)2)13-19-20(26)4-3-5-21(19)28/h3-11,14H,12-13H2,1-2H3,(H,29,32)(H2,34,35,36). The van der Waals surface area contributed by atoms with Gasteiger partial charge in [-0.25, -0.2) is 18.1 Å². The van der Waals surface area contributed by atoms with Crippen LogP contribution in [-0.4, -0.2) is 33.7 Å². The molecule has 3 aromatic carbocycles. The second kappa shape index (κ2) is 10.7. The summed E-state index contributed by atoms with van der Waals surface area (Å²) in [5.74, 6) is -2.35. The Morgan fingerprint density at radius 3 is 2.58 bits per heavy atom. The topological polar surface area (TPSA) is 119 Å². The number of phosphoric ester groups is 1. The molecule has 3 N–H and O–H groups in total. The van der Waals surface area contributed by atoms with Crippen LogP contribution in [0.25, 0.3) is 0 Å². The molecule has 0 fully saturated rings. The van der Waals surface area contributed by atoms with Gasteiger partial charge in [-0.2, -0.15) is 0 Å². The Morgan fingerprint density at radius 1 is 1.16 bits per heavy atom. The lowest BCUT2D eigenvalue weighted by Crippen LogP contribution is -2.46. The number of halogens is 3. The second-order valence-electron chi connectivity index (χ2n) is 8.65. The molecular formula is C25H23ClF2N3O6P. The van der Waals surface area contributed by atoms with Gasteiger partial charge in [0.2, 0.25) is 0 Å². The predicted octanol–water partition coefficient (Wildman–Crippen LogP) is 5.15. The van der Waals surface area contributed by atoms with Crippen LogP contribution in [0.4, 0.5) is 19.3 Å². The van der Waals surface area contributed by atoms with E-state index in [0.717, 1.165) is 17.7 Å². The molecule has 0 radical (unpaired) electrons. The lowest BCUT2D eigenvalue weighted by atomic mass is 9.98. The van der Waals surface area contributed by atoms with Gasteiger partial charge in [-0.15, -0.1) is 0 Å². The van der Waals surface area contributed by atoms with Gasteiger partial charge >= 0.3 is 13.9 Å². The average molecular weight is 566 g/mol. The van der Waals surface area contributed by atoms with Crippen molar-refractivity contribution in [2.75, 3.05) is 11.9 Å². The van der Waals surface area contributed by atoms with Crippen molar-refractivity contribution in [2.24, 2.45) is 0 Å². The third kappa shape index (κ3) is 5.81. The van der Waals surface area contributed by atoms with Crippen molar-refractivity contribution in [1.82, 2.24) is 10.2 Å². The molecule has 38 heavy (non-hydrogen) atoms. The highest BCUT2D eigenvalue weighted by molar-refractivity contribution is 7.46. The van der Waals surface area contributed by atoms with Gasteiger partial charge in [0.05, 0.1) is 18.3 Å². The Bertz CT molecular complexity index is 1450. The molecule has 13 heteroatoms. The van der Waals surface area contributed by atoms with Gasteiger partial charge in [-0.1, -0.05) is 29.8 Å². The molecule has 1 unspecified atom stereocenters. The fourth-order valence-electron chi connectivity index (χ4n) is 4.10. The lowest BCUT2D eigenvalue weighted by Gasteiger charge is -2.39. The van der Waals surface area contributed by atoms with Crippen molar-refractivity contribution in [3.63, 3.8) is 0 Å². The SMILES string of the molecule is CC1c2ccc(C(=O)NCc3ccc(F)cc3OP(=O)(O)O)cc2N(Cc2c(F)cccc2Cl)C(=O)N1C. The van der Waals surface area contributed by atoms with Crippen LogP contribution >= 0.6 is 19.4 Å². The number of rotatable bonds is 7. The molecule has 0 bridgehead atoms. The number of anilines is 1. The first-order valence-electron chi connectivity index (χ1n) is 11.3. The van der Waals surface area contributed by atoms with Crippen LogP contribution in [0.15, 0.2) is 54.6 Å². The molecule has 200 valence electrons. The van der Waals surface area contributed by atoms with Crippen LogP contribution in [0.2, 0.25) is 5.02 Å². The first kappa shape index (κ1) is 27.5. The van der Waals surface area contributed by atoms with Crippen molar-refractivity contribution in [3.05, 3.63) is 93.5 Å². The minimum Gasteiger partial charge on any atom is -0.404 e. The molecule has 3 aromatic rings. The molecule has 9 nitrogen and oxygen atoms in total. The lowest BCUT2D eigenvalue weighted by molar-refractivity contribution is 0.0950. The molecule has 0 aliphatic carbocycles. The van der Waals surface area contributed by atoms with Crippen molar-refractivity contribution in [2.45, 2.75) is 26.1 Å². The third-order valence-electron chi connectivity index (χ3n) is 6.21. The zero-order chi connectivity index (χ0) is 27.8. The Kier molecular flexibility index (Phi) is 7.75. The van der Waals surface area contributed by atoms with Crippen LogP contribution < -0.4 is 14.7 Å². The quantitative estimate of drug-likeness (QED) is 0.341. The Hall–Kier alpha value is -3.50. The highest BCUT2D eigenvalue weighted by atomic mass is 35.5. The van der Waals surface area contributed by atoms with E-state index in [2.05, 4.69) is 9.84 Å². The van der Waals surface area contributed by atoms with Crippen LogP contribution in [-0.2, 0) is 17.7 Å². The second-order valence-corrected chi connectivity index (χ2v) is 10.2. The summed E-state index contributed by atoms with van der Waals surface area (Å²) >= 11 is 6.19.